The highest BCUT2D eigenvalue weighted by molar-refractivity contribution is 7.98. The average molecular weight is 229 g/mol. The van der Waals surface area contributed by atoms with Crippen molar-refractivity contribution in [1.29, 1.82) is 0 Å². The van der Waals surface area contributed by atoms with Gasteiger partial charge in [-0.15, -0.1) is 0 Å². The molecule has 0 aromatic carbocycles. The number of nitrogens with one attached hydrogen (secondary N) is 1. The molecular weight excluding hydrogens is 202 g/mol. The van der Waals surface area contributed by atoms with Crippen LogP contribution in [0.2, 0.25) is 0 Å². The van der Waals surface area contributed by atoms with Crippen LogP contribution in [0.3, 0.4) is 0 Å². The molecule has 0 saturated heterocycles. The van der Waals surface area contributed by atoms with Crippen molar-refractivity contribution in [3.8, 4) is 0 Å². The van der Waals surface area contributed by atoms with Crippen LogP contribution in [0.1, 0.15) is 51.9 Å². The van der Waals surface area contributed by atoms with Crippen LogP contribution in [0.4, 0.5) is 0 Å². The molecule has 0 amide bonds. The van der Waals surface area contributed by atoms with E-state index in [1.54, 1.807) is 0 Å². The van der Waals surface area contributed by atoms with Crippen LogP contribution < -0.4 is 5.32 Å². The smallest absolute Gasteiger partial charge is 0.00671 e. The normalized spacial score (nSPS) is 22.0. The van der Waals surface area contributed by atoms with E-state index in [9.17, 15) is 0 Å². The molecule has 0 aliphatic heterocycles. The Kier molecular flexibility index (Phi) is 7.54. The summed E-state index contributed by atoms with van der Waals surface area (Å²) in [6, 6.07) is 0.814. The third-order valence-corrected chi connectivity index (χ3v) is 4.21. The lowest BCUT2D eigenvalue weighted by atomic mass is 9.96. The van der Waals surface area contributed by atoms with Crippen LogP contribution in [-0.2, 0) is 0 Å². The first-order valence-electron chi connectivity index (χ1n) is 6.55. The molecule has 1 unspecified atom stereocenters. The fourth-order valence-electron chi connectivity index (χ4n) is 2.37. The SMILES string of the molecule is CSCC(C)CNC1CCCCCCC1. The molecule has 0 aromatic heterocycles. The van der Waals surface area contributed by atoms with Crippen molar-refractivity contribution in [2.45, 2.75) is 57.9 Å². The minimum absolute atomic E-state index is 0.814. The van der Waals surface area contributed by atoms with Crippen molar-refractivity contribution in [3.63, 3.8) is 0 Å². The summed E-state index contributed by atoms with van der Waals surface area (Å²) in [6.45, 7) is 3.57. The second-order valence-corrected chi connectivity index (χ2v) is 5.92. The summed E-state index contributed by atoms with van der Waals surface area (Å²) in [7, 11) is 0. The largest absolute Gasteiger partial charge is 0.314 e. The Hall–Kier alpha value is 0.310. The number of hydrogen-bond acceptors (Lipinski definition) is 2. The molecular formula is C13H27NS. The van der Waals surface area contributed by atoms with E-state index >= 15 is 0 Å². The van der Waals surface area contributed by atoms with Gasteiger partial charge in [0.05, 0.1) is 0 Å². The molecule has 90 valence electrons. The van der Waals surface area contributed by atoms with Gasteiger partial charge in [-0.1, -0.05) is 39.0 Å². The first-order valence-corrected chi connectivity index (χ1v) is 7.94. The Morgan fingerprint density at radius 1 is 1.13 bits per heavy atom. The average Bonchev–Trinajstić information content (AvgIpc) is 2.16. The lowest BCUT2D eigenvalue weighted by molar-refractivity contribution is 0.374. The predicted molar refractivity (Wildman–Crippen MR) is 71.7 cm³/mol. The maximum Gasteiger partial charge on any atom is 0.00671 e. The molecule has 1 nitrogen and oxygen atoms in total. The number of thioether (sulfide) groups is 1. The van der Waals surface area contributed by atoms with Gasteiger partial charge in [0.1, 0.15) is 0 Å². The Balaban J connectivity index is 2.11. The molecule has 1 aliphatic rings. The monoisotopic (exact) mass is 229 g/mol. The molecule has 1 atom stereocenters. The van der Waals surface area contributed by atoms with E-state index in [2.05, 4.69) is 18.5 Å². The van der Waals surface area contributed by atoms with Gasteiger partial charge in [0, 0.05) is 6.04 Å². The van der Waals surface area contributed by atoms with Gasteiger partial charge in [-0.05, 0) is 37.3 Å². The van der Waals surface area contributed by atoms with Crippen LogP contribution in [0, 0.1) is 5.92 Å². The molecule has 1 fully saturated rings. The maximum absolute atomic E-state index is 3.76. The molecule has 0 radical (unpaired) electrons. The third-order valence-electron chi connectivity index (χ3n) is 3.31. The molecule has 15 heavy (non-hydrogen) atoms. The summed E-state index contributed by atoms with van der Waals surface area (Å²) < 4.78 is 0. The van der Waals surface area contributed by atoms with Crippen LogP contribution in [0.5, 0.6) is 0 Å². The molecule has 0 bridgehead atoms. The first kappa shape index (κ1) is 13.4. The minimum atomic E-state index is 0.814. The number of hydrogen-bond donors (Lipinski definition) is 1. The van der Waals surface area contributed by atoms with E-state index in [0.717, 1.165) is 12.0 Å². The molecule has 1 N–H and O–H groups in total. The van der Waals surface area contributed by atoms with Gasteiger partial charge in [-0.2, -0.15) is 11.8 Å². The highest BCUT2D eigenvalue weighted by Crippen LogP contribution is 2.17. The molecule has 1 aliphatic carbocycles. The van der Waals surface area contributed by atoms with Gasteiger partial charge >= 0.3 is 0 Å². The topological polar surface area (TPSA) is 12.0 Å². The summed E-state index contributed by atoms with van der Waals surface area (Å²) in [5, 5.41) is 3.76. The summed E-state index contributed by atoms with van der Waals surface area (Å²) in [5.41, 5.74) is 0. The summed E-state index contributed by atoms with van der Waals surface area (Å²) in [5.74, 6) is 2.12. The molecule has 2 heteroatoms. The van der Waals surface area contributed by atoms with Crippen molar-refractivity contribution in [3.05, 3.63) is 0 Å². The zero-order chi connectivity index (χ0) is 10.9. The second kappa shape index (κ2) is 8.46. The summed E-state index contributed by atoms with van der Waals surface area (Å²) >= 11 is 1.96. The van der Waals surface area contributed by atoms with Crippen molar-refractivity contribution in [2.75, 3.05) is 18.6 Å². The highest BCUT2D eigenvalue weighted by Gasteiger charge is 2.11. The Morgan fingerprint density at radius 2 is 1.73 bits per heavy atom. The van der Waals surface area contributed by atoms with E-state index in [-0.39, 0.29) is 0 Å². The summed E-state index contributed by atoms with van der Waals surface area (Å²) in [4.78, 5) is 0. The van der Waals surface area contributed by atoms with E-state index < -0.39 is 0 Å². The molecule has 0 aromatic rings. The Morgan fingerprint density at radius 3 is 2.33 bits per heavy atom. The van der Waals surface area contributed by atoms with Crippen LogP contribution in [0.25, 0.3) is 0 Å². The molecule has 0 heterocycles. The van der Waals surface area contributed by atoms with Gasteiger partial charge < -0.3 is 5.32 Å². The van der Waals surface area contributed by atoms with Crippen molar-refractivity contribution in [1.82, 2.24) is 5.32 Å². The van der Waals surface area contributed by atoms with E-state index in [1.165, 1.54) is 57.2 Å². The van der Waals surface area contributed by atoms with Gasteiger partial charge in [-0.3, -0.25) is 0 Å². The van der Waals surface area contributed by atoms with E-state index in [0.29, 0.717) is 0 Å². The van der Waals surface area contributed by atoms with E-state index in [1.807, 2.05) is 11.8 Å². The third kappa shape index (κ3) is 6.47. The lowest BCUT2D eigenvalue weighted by Crippen LogP contribution is -2.33. The van der Waals surface area contributed by atoms with E-state index in [4.69, 9.17) is 0 Å². The van der Waals surface area contributed by atoms with Crippen LogP contribution in [-0.4, -0.2) is 24.6 Å². The first-order chi connectivity index (χ1) is 7.33. The highest BCUT2D eigenvalue weighted by atomic mass is 32.2. The van der Waals surface area contributed by atoms with Gasteiger partial charge in [-0.25, -0.2) is 0 Å². The van der Waals surface area contributed by atoms with Crippen molar-refractivity contribution in [2.24, 2.45) is 5.92 Å². The second-order valence-electron chi connectivity index (χ2n) is 5.01. The zero-order valence-electron chi connectivity index (χ0n) is 10.4. The lowest BCUT2D eigenvalue weighted by Gasteiger charge is -2.22. The van der Waals surface area contributed by atoms with Crippen LogP contribution in [0.15, 0.2) is 0 Å². The predicted octanol–water partition coefficient (Wildman–Crippen LogP) is 3.69. The number of rotatable bonds is 5. The van der Waals surface area contributed by atoms with Crippen LogP contribution >= 0.6 is 11.8 Å². The fraction of sp³-hybridized carbons (Fsp3) is 1.00. The van der Waals surface area contributed by atoms with Gasteiger partial charge in [0.15, 0.2) is 0 Å². The quantitative estimate of drug-likeness (QED) is 0.771. The Bertz CT molecular complexity index is 141. The maximum atomic E-state index is 3.76. The molecule has 1 rings (SSSR count). The zero-order valence-corrected chi connectivity index (χ0v) is 11.2. The van der Waals surface area contributed by atoms with Gasteiger partial charge in [0.25, 0.3) is 0 Å². The molecule has 1 saturated carbocycles. The van der Waals surface area contributed by atoms with Crippen molar-refractivity contribution < 1.29 is 0 Å². The minimum Gasteiger partial charge on any atom is -0.314 e. The van der Waals surface area contributed by atoms with Gasteiger partial charge in [0.2, 0.25) is 0 Å². The standard InChI is InChI=1S/C13H27NS/c1-12(11-15-2)10-14-13-8-6-4-3-5-7-9-13/h12-14H,3-11H2,1-2H3. The summed E-state index contributed by atoms with van der Waals surface area (Å²) in [6.07, 6.45) is 12.3. The fourth-order valence-corrected chi connectivity index (χ4v) is 3.06. The van der Waals surface area contributed by atoms with Crippen molar-refractivity contribution >= 4 is 11.8 Å². The molecule has 0 spiro atoms. The Labute approximate surface area is 99.8 Å².